The molecule has 1 aliphatic rings. The summed E-state index contributed by atoms with van der Waals surface area (Å²) in [5.41, 5.74) is 7.43. The van der Waals surface area contributed by atoms with Crippen LogP contribution in [-0.4, -0.2) is 4.98 Å². The molecule has 0 aliphatic heterocycles. The van der Waals surface area contributed by atoms with Crippen LogP contribution in [0.4, 0.5) is 0 Å². The van der Waals surface area contributed by atoms with E-state index in [9.17, 15) is 0 Å². The van der Waals surface area contributed by atoms with Gasteiger partial charge in [-0.3, -0.25) is 4.98 Å². The van der Waals surface area contributed by atoms with Crippen molar-refractivity contribution >= 4 is 0 Å². The van der Waals surface area contributed by atoms with Gasteiger partial charge in [0.15, 0.2) is 0 Å². The first-order chi connectivity index (χ1) is 12.4. The van der Waals surface area contributed by atoms with Gasteiger partial charge >= 0.3 is 0 Å². The number of pyridine rings is 1. The Morgan fingerprint density at radius 2 is 1.08 bits per heavy atom. The summed E-state index contributed by atoms with van der Waals surface area (Å²) in [5, 5.41) is 0. The average molecular weight is 319 g/mol. The molecule has 0 saturated carbocycles. The van der Waals surface area contributed by atoms with Gasteiger partial charge in [-0.05, 0) is 33.9 Å². The number of benzene rings is 3. The first kappa shape index (κ1) is 14.2. The highest BCUT2D eigenvalue weighted by atomic mass is 14.6. The summed E-state index contributed by atoms with van der Waals surface area (Å²) in [5.74, 6) is 0. The lowest BCUT2D eigenvalue weighted by molar-refractivity contribution is 0.767. The van der Waals surface area contributed by atoms with Gasteiger partial charge in [0.25, 0.3) is 0 Å². The second-order valence-corrected chi connectivity index (χ2v) is 6.45. The molecule has 1 heterocycles. The summed E-state index contributed by atoms with van der Waals surface area (Å²) in [4.78, 5) is 4.41. The van der Waals surface area contributed by atoms with Crippen molar-refractivity contribution in [2.24, 2.45) is 0 Å². The molecule has 0 bridgehead atoms. The summed E-state index contributed by atoms with van der Waals surface area (Å²) < 4.78 is 0. The maximum atomic E-state index is 4.41. The molecule has 1 heteroatoms. The van der Waals surface area contributed by atoms with Crippen LogP contribution in [-0.2, 0) is 5.41 Å². The molecule has 5 rings (SSSR count). The van der Waals surface area contributed by atoms with Gasteiger partial charge in [0.2, 0.25) is 0 Å². The van der Waals surface area contributed by atoms with E-state index >= 15 is 0 Å². The third kappa shape index (κ3) is 1.87. The van der Waals surface area contributed by atoms with Crippen LogP contribution < -0.4 is 0 Å². The third-order valence-electron chi connectivity index (χ3n) is 5.26. The molecule has 25 heavy (non-hydrogen) atoms. The van der Waals surface area contributed by atoms with Crippen molar-refractivity contribution in [1.29, 1.82) is 0 Å². The quantitative estimate of drug-likeness (QED) is 0.422. The lowest BCUT2D eigenvalue weighted by Gasteiger charge is -2.33. The zero-order chi connectivity index (χ0) is 16.7. The Hall–Kier alpha value is -3.19. The second-order valence-electron chi connectivity index (χ2n) is 6.45. The van der Waals surface area contributed by atoms with Gasteiger partial charge in [-0.2, -0.15) is 0 Å². The molecule has 1 aromatic heterocycles. The van der Waals surface area contributed by atoms with Gasteiger partial charge in [0, 0.05) is 18.0 Å². The van der Waals surface area contributed by atoms with Crippen LogP contribution in [0.25, 0.3) is 11.1 Å². The van der Waals surface area contributed by atoms with Crippen molar-refractivity contribution in [3.8, 4) is 11.1 Å². The van der Waals surface area contributed by atoms with Gasteiger partial charge in [0.1, 0.15) is 0 Å². The largest absolute Gasteiger partial charge is 0.264 e. The molecule has 0 N–H and O–H groups in total. The Morgan fingerprint density at radius 3 is 1.76 bits per heavy atom. The summed E-state index contributed by atoms with van der Waals surface area (Å²) in [6.07, 6.45) is 3.91. The maximum absolute atomic E-state index is 4.41. The minimum atomic E-state index is -0.294. The molecule has 4 aromatic rings. The predicted octanol–water partition coefficient (Wildman–Crippen LogP) is 5.44. The first-order valence-electron chi connectivity index (χ1n) is 8.58. The van der Waals surface area contributed by atoms with E-state index in [2.05, 4.69) is 96.0 Å². The molecule has 0 unspecified atom stereocenters. The minimum absolute atomic E-state index is 0.294. The molecule has 1 aliphatic carbocycles. The molecule has 0 saturated heterocycles. The summed E-state index contributed by atoms with van der Waals surface area (Å²) in [7, 11) is 0. The van der Waals surface area contributed by atoms with Crippen LogP contribution in [0.15, 0.2) is 103 Å². The van der Waals surface area contributed by atoms with Crippen molar-refractivity contribution < 1.29 is 0 Å². The van der Waals surface area contributed by atoms with Crippen LogP contribution >= 0.6 is 0 Å². The van der Waals surface area contributed by atoms with Crippen molar-refractivity contribution in [3.05, 3.63) is 126 Å². The van der Waals surface area contributed by atoms with Gasteiger partial charge in [-0.25, -0.2) is 0 Å². The zero-order valence-electron chi connectivity index (χ0n) is 13.8. The second kappa shape index (κ2) is 5.42. The van der Waals surface area contributed by atoms with E-state index in [1.54, 1.807) is 0 Å². The van der Waals surface area contributed by atoms with Gasteiger partial charge in [0.05, 0.1) is 5.41 Å². The molecule has 0 amide bonds. The van der Waals surface area contributed by atoms with Crippen LogP contribution in [0, 0.1) is 0 Å². The predicted molar refractivity (Wildman–Crippen MR) is 102 cm³/mol. The topological polar surface area (TPSA) is 12.9 Å². The highest BCUT2D eigenvalue weighted by molar-refractivity contribution is 5.85. The Bertz CT molecular complexity index is 949. The first-order valence-corrected chi connectivity index (χ1v) is 8.58. The Balaban J connectivity index is 1.98. The molecule has 0 radical (unpaired) electrons. The van der Waals surface area contributed by atoms with E-state index in [0.29, 0.717) is 0 Å². The summed E-state index contributed by atoms with van der Waals surface area (Å²) in [6, 6.07) is 32.5. The van der Waals surface area contributed by atoms with Crippen LogP contribution in [0.2, 0.25) is 0 Å². The maximum Gasteiger partial charge on any atom is 0.0714 e. The van der Waals surface area contributed by atoms with Crippen LogP contribution in [0.3, 0.4) is 0 Å². The molecule has 0 spiro atoms. The van der Waals surface area contributed by atoms with Gasteiger partial charge < -0.3 is 0 Å². The fourth-order valence-corrected chi connectivity index (χ4v) is 4.29. The average Bonchev–Trinajstić information content (AvgIpc) is 3.01. The van der Waals surface area contributed by atoms with Crippen molar-refractivity contribution in [2.75, 3.05) is 0 Å². The van der Waals surface area contributed by atoms with Crippen molar-refractivity contribution in [2.45, 2.75) is 5.41 Å². The number of aromatic nitrogens is 1. The van der Waals surface area contributed by atoms with Crippen LogP contribution in [0.1, 0.15) is 22.3 Å². The monoisotopic (exact) mass is 319 g/mol. The normalized spacial score (nSPS) is 13.9. The van der Waals surface area contributed by atoms with E-state index < -0.39 is 0 Å². The van der Waals surface area contributed by atoms with Crippen LogP contribution in [0.5, 0.6) is 0 Å². The Morgan fingerprint density at radius 1 is 0.520 bits per heavy atom. The van der Waals surface area contributed by atoms with Crippen molar-refractivity contribution in [1.82, 2.24) is 4.98 Å². The van der Waals surface area contributed by atoms with Gasteiger partial charge in [-0.1, -0.05) is 84.9 Å². The van der Waals surface area contributed by atoms with E-state index in [-0.39, 0.29) is 5.41 Å². The number of hydrogen-bond donors (Lipinski definition) is 0. The fraction of sp³-hybridized carbons (Fsp3) is 0.0417. The molecule has 3 aromatic carbocycles. The highest BCUT2D eigenvalue weighted by Crippen LogP contribution is 2.55. The molecule has 1 nitrogen and oxygen atoms in total. The summed E-state index contributed by atoms with van der Waals surface area (Å²) in [6.45, 7) is 0. The van der Waals surface area contributed by atoms with E-state index in [4.69, 9.17) is 0 Å². The summed E-state index contributed by atoms with van der Waals surface area (Å²) >= 11 is 0. The highest BCUT2D eigenvalue weighted by Gasteiger charge is 2.45. The van der Waals surface area contributed by atoms with E-state index in [1.165, 1.54) is 33.4 Å². The number of rotatable bonds is 2. The Kier molecular flexibility index (Phi) is 3.07. The van der Waals surface area contributed by atoms with E-state index in [0.717, 1.165) is 0 Å². The Labute approximate surface area is 147 Å². The fourth-order valence-electron chi connectivity index (χ4n) is 4.29. The molecule has 0 atom stereocenters. The molecular formula is C24H17N. The number of hydrogen-bond acceptors (Lipinski definition) is 1. The minimum Gasteiger partial charge on any atom is -0.264 e. The van der Waals surface area contributed by atoms with Gasteiger partial charge in [-0.15, -0.1) is 0 Å². The third-order valence-corrected chi connectivity index (χ3v) is 5.26. The molecule has 0 fully saturated rings. The molecular weight excluding hydrogens is 302 g/mol. The lowest BCUT2D eigenvalue weighted by Crippen LogP contribution is -2.28. The van der Waals surface area contributed by atoms with E-state index in [1.807, 2.05) is 12.4 Å². The number of fused-ring (bicyclic) bond motifs is 3. The van der Waals surface area contributed by atoms with Crippen molar-refractivity contribution in [3.63, 3.8) is 0 Å². The standard InChI is InChI=1S/C24H17N/c1-3-9-18(10-4-1)24(19-11-5-2-6-12-19)22-14-8-7-13-20(22)21-17-25-16-15-23(21)24/h1-17H. The zero-order valence-corrected chi connectivity index (χ0v) is 13.8. The lowest BCUT2D eigenvalue weighted by atomic mass is 9.68. The SMILES string of the molecule is c1ccc(C2(c3ccccc3)c3ccccc3-c3cnccc32)cc1. The molecule has 118 valence electrons. The number of nitrogens with zero attached hydrogens (tertiary/aromatic N) is 1. The smallest absolute Gasteiger partial charge is 0.0714 e.